The molecule has 0 aliphatic heterocycles. The zero-order valence-electron chi connectivity index (χ0n) is 15.9. The average Bonchev–Trinajstić information content (AvgIpc) is 2.80. The molecule has 0 unspecified atom stereocenters. The topological polar surface area (TPSA) is 25.8 Å². The Bertz CT molecular complexity index is 1170. The molecule has 1 radical (unpaired) electrons. The largest absolute Gasteiger partial charge is 0.305 e. The van der Waals surface area contributed by atoms with Gasteiger partial charge in [-0.25, -0.2) is 4.39 Å². The standard InChI is InChI=1S/C15H9FN.C11H8N.Ir/c16-13-6-3-5-12(10-13)15-14-7-2-1-4-11(14)8-9-17-15;1-2-6-10(7-3-1)11-8-4-5-9-12-11;/h1-4,6-10H;1-6,8-9H;/q2*-1;. The van der Waals surface area contributed by atoms with Gasteiger partial charge in [-0.05, 0) is 34.3 Å². The van der Waals surface area contributed by atoms with Crippen LogP contribution in [0.5, 0.6) is 0 Å². The number of rotatable bonds is 2. The van der Waals surface area contributed by atoms with Gasteiger partial charge in [-0.3, -0.25) is 0 Å². The second kappa shape index (κ2) is 10.5. The van der Waals surface area contributed by atoms with Gasteiger partial charge in [0.15, 0.2) is 0 Å². The quantitative estimate of drug-likeness (QED) is 0.231. The summed E-state index contributed by atoms with van der Waals surface area (Å²) in [7, 11) is 0. The van der Waals surface area contributed by atoms with Crippen LogP contribution in [0.25, 0.3) is 33.3 Å². The summed E-state index contributed by atoms with van der Waals surface area (Å²) in [5, 5.41) is 2.10. The Morgan fingerprint density at radius 3 is 2.23 bits per heavy atom. The maximum atomic E-state index is 13.2. The molecule has 0 amide bonds. The summed E-state index contributed by atoms with van der Waals surface area (Å²) < 4.78 is 13.2. The van der Waals surface area contributed by atoms with Gasteiger partial charge in [0.2, 0.25) is 0 Å². The molecule has 3 aromatic carbocycles. The van der Waals surface area contributed by atoms with E-state index in [2.05, 4.69) is 22.1 Å². The number of hydrogen-bond donors (Lipinski definition) is 0. The summed E-state index contributed by atoms with van der Waals surface area (Å²) in [6, 6.07) is 34.1. The van der Waals surface area contributed by atoms with Crippen molar-refractivity contribution in [3.8, 4) is 22.5 Å². The van der Waals surface area contributed by atoms with Crippen molar-refractivity contribution in [2.24, 2.45) is 0 Å². The van der Waals surface area contributed by atoms with E-state index in [4.69, 9.17) is 0 Å². The number of aromatic nitrogens is 2. The van der Waals surface area contributed by atoms with Gasteiger partial charge in [-0.15, -0.1) is 65.7 Å². The van der Waals surface area contributed by atoms with E-state index in [-0.39, 0.29) is 25.9 Å². The zero-order valence-corrected chi connectivity index (χ0v) is 18.3. The SMILES string of the molecule is Fc1cc[c-]c(-c2nccc3ccccc23)c1.[Ir].[c-]1ccccc1-c1ccccn1. The van der Waals surface area contributed by atoms with Crippen LogP contribution in [0.2, 0.25) is 0 Å². The van der Waals surface area contributed by atoms with Crippen molar-refractivity contribution in [1.82, 2.24) is 9.97 Å². The maximum Gasteiger partial charge on any atom is 0.0418 e. The van der Waals surface area contributed by atoms with E-state index in [0.29, 0.717) is 5.56 Å². The van der Waals surface area contributed by atoms with Crippen molar-refractivity contribution >= 4 is 10.8 Å². The molecule has 0 fully saturated rings. The van der Waals surface area contributed by atoms with Crippen LogP contribution in [0.3, 0.4) is 0 Å². The molecule has 0 N–H and O–H groups in total. The number of nitrogens with zero attached hydrogens (tertiary/aromatic N) is 2. The molecule has 0 saturated carbocycles. The first-order valence-corrected chi connectivity index (χ1v) is 9.21. The molecular weight excluding hydrogens is 552 g/mol. The molecule has 2 nitrogen and oxygen atoms in total. The monoisotopic (exact) mass is 569 g/mol. The van der Waals surface area contributed by atoms with E-state index in [1.165, 1.54) is 12.1 Å². The molecule has 2 aromatic heterocycles. The van der Waals surface area contributed by atoms with E-state index in [1.54, 1.807) is 18.5 Å². The summed E-state index contributed by atoms with van der Waals surface area (Å²) in [5.74, 6) is -0.270. The van der Waals surface area contributed by atoms with Crippen molar-refractivity contribution in [2.45, 2.75) is 0 Å². The molecule has 4 heteroatoms. The van der Waals surface area contributed by atoms with Crippen LogP contribution in [-0.4, -0.2) is 9.97 Å². The molecule has 0 saturated heterocycles. The van der Waals surface area contributed by atoms with Crippen LogP contribution in [0.15, 0.2) is 103 Å². The summed E-state index contributed by atoms with van der Waals surface area (Å²) in [6.07, 6.45) is 3.52. The van der Waals surface area contributed by atoms with Gasteiger partial charge in [0, 0.05) is 38.3 Å². The Kier molecular flexibility index (Phi) is 7.56. The third kappa shape index (κ3) is 5.24. The first-order chi connectivity index (χ1) is 14.3. The molecular formula is C26H17FIrN2-2. The molecule has 2 heterocycles. The number of pyridine rings is 2. The van der Waals surface area contributed by atoms with Crippen molar-refractivity contribution in [3.63, 3.8) is 0 Å². The van der Waals surface area contributed by atoms with E-state index >= 15 is 0 Å². The Hall–Kier alpha value is -3.20. The molecule has 0 atom stereocenters. The summed E-state index contributed by atoms with van der Waals surface area (Å²) in [6.45, 7) is 0. The minimum Gasteiger partial charge on any atom is -0.305 e. The number of benzene rings is 3. The Morgan fingerprint density at radius 1 is 0.667 bits per heavy atom. The van der Waals surface area contributed by atoms with E-state index < -0.39 is 0 Å². The van der Waals surface area contributed by atoms with Crippen LogP contribution >= 0.6 is 0 Å². The summed E-state index contributed by atoms with van der Waals surface area (Å²) >= 11 is 0. The Labute approximate surface area is 188 Å². The van der Waals surface area contributed by atoms with Crippen LogP contribution in [-0.2, 0) is 20.1 Å². The van der Waals surface area contributed by atoms with E-state index in [1.807, 2.05) is 72.8 Å². The minimum atomic E-state index is -0.270. The van der Waals surface area contributed by atoms with Crippen molar-refractivity contribution in [3.05, 3.63) is 121 Å². The fraction of sp³-hybridized carbons (Fsp3) is 0. The van der Waals surface area contributed by atoms with Gasteiger partial charge in [0.05, 0.1) is 0 Å². The predicted octanol–water partition coefficient (Wildman–Crippen LogP) is 6.39. The van der Waals surface area contributed by atoms with E-state index in [0.717, 1.165) is 27.7 Å². The fourth-order valence-corrected chi connectivity index (χ4v) is 2.98. The van der Waals surface area contributed by atoms with Crippen molar-refractivity contribution in [1.29, 1.82) is 0 Å². The van der Waals surface area contributed by atoms with Gasteiger partial charge in [0.1, 0.15) is 0 Å². The van der Waals surface area contributed by atoms with Gasteiger partial charge in [-0.2, -0.15) is 0 Å². The molecule has 0 bridgehead atoms. The summed E-state index contributed by atoms with van der Waals surface area (Å²) in [5.41, 5.74) is 3.46. The molecule has 149 valence electrons. The zero-order chi connectivity index (χ0) is 19.9. The van der Waals surface area contributed by atoms with Crippen molar-refractivity contribution in [2.75, 3.05) is 0 Å². The van der Waals surface area contributed by atoms with E-state index in [9.17, 15) is 4.39 Å². The maximum absolute atomic E-state index is 13.2. The van der Waals surface area contributed by atoms with Gasteiger partial charge < -0.3 is 9.97 Å². The third-order valence-electron chi connectivity index (χ3n) is 4.34. The van der Waals surface area contributed by atoms with Gasteiger partial charge >= 0.3 is 0 Å². The van der Waals surface area contributed by atoms with Gasteiger partial charge in [0.25, 0.3) is 0 Å². The molecule has 5 aromatic rings. The van der Waals surface area contributed by atoms with Crippen LogP contribution in [0.4, 0.5) is 4.39 Å². The smallest absolute Gasteiger partial charge is 0.0418 e. The van der Waals surface area contributed by atoms with Crippen molar-refractivity contribution < 1.29 is 24.5 Å². The number of fused-ring (bicyclic) bond motifs is 1. The van der Waals surface area contributed by atoms with Crippen LogP contribution < -0.4 is 0 Å². The normalized spacial score (nSPS) is 9.90. The first kappa shape index (κ1) is 21.5. The minimum absolute atomic E-state index is 0. The van der Waals surface area contributed by atoms with Crippen LogP contribution in [0.1, 0.15) is 0 Å². The molecule has 0 aliphatic carbocycles. The fourth-order valence-electron chi connectivity index (χ4n) is 2.98. The molecule has 5 rings (SSSR count). The first-order valence-electron chi connectivity index (χ1n) is 9.21. The second-order valence-electron chi connectivity index (χ2n) is 6.29. The second-order valence-corrected chi connectivity index (χ2v) is 6.29. The summed E-state index contributed by atoms with van der Waals surface area (Å²) in [4.78, 5) is 8.54. The molecule has 0 spiro atoms. The average molecular weight is 569 g/mol. The van der Waals surface area contributed by atoms with Gasteiger partial charge in [-0.1, -0.05) is 36.4 Å². The Balaban J connectivity index is 0.000000175. The number of halogens is 1. The molecule has 30 heavy (non-hydrogen) atoms. The van der Waals surface area contributed by atoms with Crippen LogP contribution in [0, 0.1) is 17.9 Å². The number of hydrogen-bond acceptors (Lipinski definition) is 2. The molecule has 0 aliphatic rings. The predicted molar refractivity (Wildman–Crippen MR) is 114 cm³/mol. The Morgan fingerprint density at radius 2 is 1.47 bits per heavy atom. The third-order valence-corrected chi connectivity index (χ3v) is 4.34.